The van der Waals surface area contributed by atoms with E-state index in [1.165, 1.54) is 0 Å². The minimum absolute atomic E-state index is 0.119. The van der Waals surface area contributed by atoms with Gasteiger partial charge in [-0.05, 0) is 24.1 Å². The molecular formula is C16H25NO3. The Morgan fingerprint density at radius 3 is 2.45 bits per heavy atom. The van der Waals surface area contributed by atoms with E-state index < -0.39 is 6.10 Å². The Labute approximate surface area is 121 Å². The lowest BCUT2D eigenvalue weighted by atomic mass is 9.64. The topological polar surface area (TPSA) is 50.7 Å². The van der Waals surface area contributed by atoms with E-state index in [0.29, 0.717) is 18.7 Å². The Kier molecular flexibility index (Phi) is 4.68. The van der Waals surface area contributed by atoms with Gasteiger partial charge in [-0.15, -0.1) is 0 Å². The smallest absolute Gasteiger partial charge is 0.118 e. The third-order valence-corrected chi connectivity index (χ3v) is 4.52. The molecule has 0 spiro atoms. The second-order valence-electron chi connectivity index (χ2n) is 6.03. The largest absolute Gasteiger partial charge is 0.497 e. The molecule has 0 aromatic heterocycles. The standard InChI is InChI=1S/C16H25NO3/c1-16(2)14(9-15(16)20-4)17-10-13(18)11-5-7-12(19-3)8-6-11/h5-8,13-15,17-18H,9-10H2,1-4H3. The van der Waals surface area contributed by atoms with Gasteiger partial charge in [-0.2, -0.15) is 0 Å². The van der Waals surface area contributed by atoms with E-state index in [9.17, 15) is 5.11 Å². The second-order valence-corrected chi connectivity index (χ2v) is 6.03. The molecule has 0 aliphatic heterocycles. The number of hydrogen-bond donors (Lipinski definition) is 2. The molecule has 0 bridgehead atoms. The highest BCUT2D eigenvalue weighted by Gasteiger charge is 2.48. The maximum Gasteiger partial charge on any atom is 0.118 e. The molecule has 1 aliphatic carbocycles. The van der Waals surface area contributed by atoms with Crippen LogP contribution in [0, 0.1) is 5.41 Å². The van der Waals surface area contributed by atoms with Gasteiger partial charge in [0.1, 0.15) is 5.75 Å². The van der Waals surface area contributed by atoms with E-state index in [2.05, 4.69) is 19.2 Å². The number of nitrogens with one attached hydrogen (secondary N) is 1. The molecule has 1 aromatic rings. The van der Waals surface area contributed by atoms with Gasteiger partial charge < -0.3 is 19.9 Å². The number of aliphatic hydroxyl groups excluding tert-OH is 1. The Morgan fingerprint density at radius 1 is 1.30 bits per heavy atom. The highest BCUT2D eigenvalue weighted by Crippen LogP contribution is 2.42. The number of benzene rings is 1. The van der Waals surface area contributed by atoms with Crippen LogP contribution in [0.4, 0.5) is 0 Å². The minimum atomic E-state index is -0.502. The number of hydrogen-bond acceptors (Lipinski definition) is 4. The van der Waals surface area contributed by atoms with Crippen LogP contribution in [0.5, 0.6) is 5.75 Å². The molecular weight excluding hydrogens is 254 g/mol. The maximum atomic E-state index is 10.2. The molecule has 2 N–H and O–H groups in total. The molecule has 0 radical (unpaired) electrons. The summed E-state index contributed by atoms with van der Waals surface area (Å²) in [6.45, 7) is 4.95. The highest BCUT2D eigenvalue weighted by molar-refractivity contribution is 5.28. The van der Waals surface area contributed by atoms with Crippen LogP contribution in [0.2, 0.25) is 0 Å². The summed E-state index contributed by atoms with van der Waals surface area (Å²) in [6, 6.07) is 7.92. The molecule has 1 aromatic carbocycles. The molecule has 3 atom stereocenters. The van der Waals surface area contributed by atoms with E-state index >= 15 is 0 Å². The molecule has 0 amide bonds. The summed E-state index contributed by atoms with van der Waals surface area (Å²) in [6.07, 6.45) is 0.801. The molecule has 1 aliphatic rings. The molecule has 0 saturated heterocycles. The molecule has 3 unspecified atom stereocenters. The average molecular weight is 279 g/mol. The van der Waals surface area contributed by atoms with Gasteiger partial charge in [-0.3, -0.25) is 0 Å². The Morgan fingerprint density at radius 2 is 1.95 bits per heavy atom. The van der Waals surface area contributed by atoms with E-state index in [1.807, 2.05) is 24.3 Å². The summed E-state index contributed by atoms with van der Waals surface area (Å²) < 4.78 is 10.5. The maximum absolute atomic E-state index is 10.2. The van der Waals surface area contributed by atoms with E-state index in [4.69, 9.17) is 9.47 Å². The molecule has 1 fully saturated rings. The van der Waals surface area contributed by atoms with Crippen molar-refractivity contribution in [2.75, 3.05) is 20.8 Å². The number of rotatable bonds is 6. The summed E-state index contributed by atoms with van der Waals surface area (Å²) in [4.78, 5) is 0. The minimum Gasteiger partial charge on any atom is -0.497 e. The quantitative estimate of drug-likeness (QED) is 0.837. The van der Waals surface area contributed by atoms with Crippen LogP contribution in [0.1, 0.15) is 31.9 Å². The summed E-state index contributed by atoms with van der Waals surface area (Å²) in [7, 11) is 3.40. The summed E-state index contributed by atoms with van der Waals surface area (Å²) in [5.41, 5.74) is 1.02. The van der Waals surface area contributed by atoms with Crippen molar-refractivity contribution < 1.29 is 14.6 Å². The third kappa shape index (κ3) is 2.97. The van der Waals surface area contributed by atoms with E-state index in [0.717, 1.165) is 17.7 Å². The van der Waals surface area contributed by atoms with Crippen molar-refractivity contribution in [2.24, 2.45) is 5.41 Å². The fourth-order valence-corrected chi connectivity index (χ4v) is 2.83. The SMILES string of the molecule is COc1ccc(C(O)CNC2CC(OC)C2(C)C)cc1. The fourth-order valence-electron chi connectivity index (χ4n) is 2.83. The van der Waals surface area contributed by atoms with Crippen molar-refractivity contribution in [1.29, 1.82) is 0 Å². The zero-order valence-corrected chi connectivity index (χ0v) is 12.7. The lowest BCUT2D eigenvalue weighted by Gasteiger charge is -2.51. The van der Waals surface area contributed by atoms with Gasteiger partial charge in [0.2, 0.25) is 0 Å². The van der Waals surface area contributed by atoms with E-state index in [-0.39, 0.29) is 5.41 Å². The molecule has 2 rings (SSSR count). The average Bonchev–Trinajstić information content (AvgIpc) is 2.46. The van der Waals surface area contributed by atoms with Crippen LogP contribution in [-0.4, -0.2) is 38.0 Å². The number of ether oxygens (including phenoxy) is 2. The summed E-state index contributed by atoms with van der Waals surface area (Å²) in [5, 5.41) is 13.7. The highest BCUT2D eigenvalue weighted by atomic mass is 16.5. The summed E-state index contributed by atoms with van der Waals surface area (Å²) in [5.74, 6) is 0.803. The van der Waals surface area contributed by atoms with Crippen LogP contribution in [0.15, 0.2) is 24.3 Å². The molecule has 1 saturated carbocycles. The second kappa shape index (κ2) is 6.12. The summed E-state index contributed by atoms with van der Waals surface area (Å²) >= 11 is 0. The van der Waals surface area contributed by atoms with Crippen LogP contribution in [-0.2, 0) is 4.74 Å². The first-order valence-electron chi connectivity index (χ1n) is 7.07. The van der Waals surface area contributed by atoms with E-state index in [1.54, 1.807) is 14.2 Å². The van der Waals surface area contributed by atoms with Gasteiger partial charge in [-0.25, -0.2) is 0 Å². The van der Waals surface area contributed by atoms with Crippen LogP contribution >= 0.6 is 0 Å². The van der Waals surface area contributed by atoms with Crippen LogP contribution in [0.25, 0.3) is 0 Å². The van der Waals surface area contributed by atoms with Gasteiger partial charge >= 0.3 is 0 Å². The van der Waals surface area contributed by atoms with Gasteiger partial charge in [0.25, 0.3) is 0 Å². The lowest BCUT2D eigenvalue weighted by Crippen LogP contribution is -2.61. The molecule has 112 valence electrons. The van der Waals surface area contributed by atoms with Crippen LogP contribution < -0.4 is 10.1 Å². The zero-order valence-electron chi connectivity index (χ0n) is 12.7. The van der Waals surface area contributed by atoms with Gasteiger partial charge in [0.15, 0.2) is 0 Å². The normalized spacial score (nSPS) is 25.9. The first-order valence-corrected chi connectivity index (χ1v) is 7.07. The van der Waals surface area contributed by atoms with Crippen LogP contribution in [0.3, 0.4) is 0 Å². The Bertz CT molecular complexity index is 430. The van der Waals surface area contributed by atoms with Gasteiger partial charge in [0.05, 0.1) is 19.3 Å². The molecule has 0 heterocycles. The first kappa shape index (κ1) is 15.3. The van der Waals surface area contributed by atoms with Gasteiger partial charge in [0, 0.05) is 25.1 Å². The van der Waals surface area contributed by atoms with Gasteiger partial charge in [-0.1, -0.05) is 26.0 Å². The molecule has 4 nitrogen and oxygen atoms in total. The predicted octanol–water partition coefficient (Wildman–Crippen LogP) is 2.13. The predicted molar refractivity (Wildman–Crippen MR) is 78.9 cm³/mol. The number of methoxy groups -OCH3 is 2. The third-order valence-electron chi connectivity index (χ3n) is 4.52. The van der Waals surface area contributed by atoms with Crippen molar-refractivity contribution >= 4 is 0 Å². The lowest BCUT2D eigenvalue weighted by molar-refractivity contribution is -0.0992. The molecule has 4 heteroatoms. The van der Waals surface area contributed by atoms with Crippen molar-refractivity contribution in [1.82, 2.24) is 5.32 Å². The van der Waals surface area contributed by atoms with Crippen molar-refractivity contribution in [3.05, 3.63) is 29.8 Å². The zero-order chi connectivity index (χ0) is 14.8. The van der Waals surface area contributed by atoms with Crippen molar-refractivity contribution in [2.45, 2.75) is 38.5 Å². The first-order chi connectivity index (χ1) is 9.48. The van der Waals surface area contributed by atoms with Crippen molar-refractivity contribution in [3.8, 4) is 5.75 Å². The Hall–Kier alpha value is -1.10. The van der Waals surface area contributed by atoms with Crippen molar-refractivity contribution in [3.63, 3.8) is 0 Å². The molecule has 20 heavy (non-hydrogen) atoms. The number of aliphatic hydroxyl groups is 1. The fraction of sp³-hybridized carbons (Fsp3) is 0.625. The Balaban J connectivity index is 1.85. The monoisotopic (exact) mass is 279 g/mol.